The van der Waals surface area contributed by atoms with Crippen molar-refractivity contribution >= 4 is 23.2 Å². The fraction of sp³-hybridized carbons (Fsp3) is 0.333. The summed E-state index contributed by atoms with van der Waals surface area (Å²) >= 11 is 5.78. The third-order valence-electron chi connectivity index (χ3n) is 2.89. The number of carbonyl (C=O) groups excluding carboxylic acids is 1. The molecule has 0 bridgehead atoms. The summed E-state index contributed by atoms with van der Waals surface area (Å²) in [6, 6.07) is 6.95. The molecule has 17 heavy (non-hydrogen) atoms. The number of aliphatic hydroxyl groups is 1. The minimum atomic E-state index is -0.734. The first kappa shape index (κ1) is 12.1. The topological polar surface area (TPSA) is 61.7 Å². The van der Waals surface area contributed by atoms with Crippen molar-refractivity contribution in [3.63, 3.8) is 0 Å². The number of nitrogens with zero attached hydrogens (tertiary/aromatic N) is 1. The summed E-state index contributed by atoms with van der Waals surface area (Å²) in [6.45, 7) is 1.79. The Bertz CT molecular complexity index is 456. The maximum atomic E-state index is 11.3. The average Bonchev–Trinajstić information content (AvgIpc) is 2.32. The number of aliphatic hydroxyl groups excluding tert-OH is 1. The smallest absolute Gasteiger partial charge is 0.240 e. The number of hydrogen-bond acceptors (Lipinski definition) is 3. The van der Waals surface area contributed by atoms with Crippen molar-refractivity contribution < 1.29 is 9.90 Å². The average molecular weight is 253 g/mol. The predicted octanol–water partition coefficient (Wildman–Crippen LogP) is 1.89. The molecule has 0 saturated heterocycles. The van der Waals surface area contributed by atoms with Gasteiger partial charge in [-0.2, -0.15) is 5.10 Å². The zero-order valence-corrected chi connectivity index (χ0v) is 10.1. The van der Waals surface area contributed by atoms with E-state index in [-0.39, 0.29) is 18.2 Å². The number of halogens is 1. The molecule has 0 unspecified atom stereocenters. The van der Waals surface area contributed by atoms with Gasteiger partial charge in [0.2, 0.25) is 5.91 Å². The molecule has 0 aromatic heterocycles. The Labute approximate surface area is 104 Å². The number of nitrogens with one attached hydrogen (secondary N) is 1. The van der Waals surface area contributed by atoms with Gasteiger partial charge in [-0.1, -0.05) is 23.7 Å². The molecule has 1 aliphatic rings. The molecule has 1 heterocycles. The predicted molar refractivity (Wildman–Crippen MR) is 65.8 cm³/mol. The molecule has 90 valence electrons. The third-order valence-corrected chi connectivity index (χ3v) is 3.14. The van der Waals surface area contributed by atoms with E-state index in [4.69, 9.17) is 11.6 Å². The summed E-state index contributed by atoms with van der Waals surface area (Å²) in [6.07, 6.45) is -0.485. The van der Waals surface area contributed by atoms with Crippen LogP contribution in [0.4, 0.5) is 0 Å². The van der Waals surface area contributed by atoms with Gasteiger partial charge in [0.25, 0.3) is 0 Å². The van der Waals surface area contributed by atoms with Gasteiger partial charge in [-0.15, -0.1) is 0 Å². The van der Waals surface area contributed by atoms with Crippen LogP contribution in [0.2, 0.25) is 5.02 Å². The summed E-state index contributed by atoms with van der Waals surface area (Å²) in [5, 5.41) is 14.7. The van der Waals surface area contributed by atoms with E-state index in [0.717, 1.165) is 11.3 Å². The van der Waals surface area contributed by atoms with Crippen LogP contribution in [0.15, 0.2) is 29.4 Å². The molecule has 5 heteroatoms. The van der Waals surface area contributed by atoms with Crippen molar-refractivity contribution in [1.29, 1.82) is 0 Å². The van der Waals surface area contributed by atoms with Crippen LogP contribution < -0.4 is 5.43 Å². The molecule has 4 nitrogen and oxygen atoms in total. The monoisotopic (exact) mass is 252 g/mol. The van der Waals surface area contributed by atoms with Crippen LogP contribution in [0.5, 0.6) is 0 Å². The molecule has 0 radical (unpaired) electrons. The SMILES string of the molecule is CC1=NNC(=O)C[C@H]1[C@H](O)c1ccc(Cl)cc1. The summed E-state index contributed by atoms with van der Waals surface area (Å²) in [5.74, 6) is -0.446. The lowest BCUT2D eigenvalue weighted by Gasteiger charge is -2.25. The second-order valence-electron chi connectivity index (χ2n) is 4.10. The first-order chi connectivity index (χ1) is 8.08. The number of benzene rings is 1. The normalized spacial score (nSPS) is 21.7. The lowest BCUT2D eigenvalue weighted by Crippen LogP contribution is -2.34. The molecule has 0 spiro atoms. The van der Waals surface area contributed by atoms with Crippen molar-refractivity contribution in [2.24, 2.45) is 11.0 Å². The van der Waals surface area contributed by atoms with E-state index in [1.54, 1.807) is 31.2 Å². The number of hydrazone groups is 1. The summed E-state index contributed by atoms with van der Waals surface area (Å²) < 4.78 is 0. The Kier molecular flexibility index (Phi) is 3.45. The van der Waals surface area contributed by atoms with E-state index in [0.29, 0.717) is 5.02 Å². The molecular formula is C12H13ClN2O2. The van der Waals surface area contributed by atoms with E-state index in [1.807, 2.05) is 0 Å². The number of amides is 1. The number of rotatable bonds is 2. The van der Waals surface area contributed by atoms with Crippen LogP contribution in [-0.4, -0.2) is 16.7 Å². The van der Waals surface area contributed by atoms with Gasteiger partial charge in [-0.25, -0.2) is 5.43 Å². The van der Waals surface area contributed by atoms with E-state index in [1.165, 1.54) is 0 Å². The van der Waals surface area contributed by atoms with Crippen molar-refractivity contribution in [3.8, 4) is 0 Å². The zero-order valence-electron chi connectivity index (χ0n) is 9.35. The highest BCUT2D eigenvalue weighted by Gasteiger charge is 2.29. The molecule has 0 fully saturated rings. The molecule has 0 aliphatic carbocycles. The van der Waals surface area contributed by atoms with Crippen LogP contribution in [0.3, 0.4) is 0 Å². The van der Waals surface area contributed by atoms with Gasteiger partial charge in [-0.3, -0.25) is 4.79 Å². The maximum absolute atomic E-state index is 11.3. The van der Waals surface area contributed by atoms with Gasteiger partial charge in [0.1, 0.15) is 0 Å². The minimum Gasteiger partial charge on any atom is -0.388 e. The second-order valence-corrected chi connectivity index (χ2v) is 4.53. The Balaban J connectivity index is 2.22. The van der Waals surface area contributed by atoms with E-state index in [2.05, 4.69) is 10.5 Å². The van der Waals surface area contributed by atoms with Crippen molar-refractivity contribution in [1.82, 2.24) is 5.43 Å². The summed E-state index contributed by atoms with van der Waals surface area (Å²) in [7, 11) is 0. The number of hydrogen-bond donors (Lipinski definition) is 2. The Morgan fingerprint density at radius 2 is 2.12 bits per heavy atom. The molecule has 2 N–H and O–H groups in total. The minimum absolute atomic E-state index is 0.173. The Morgan fingerprint density at radius 1 is 1.47 bits per heavy atom. The Hall–Kier alpha value is -1.39. The van der Waals surface area contributed by atoms with Crippen molar-refractivity contribution in [3.05, 3.63) is 34.9 Å². The Morgan fingerprint density at radius 3 is 2.76 bits per heavy atom. The van der Waals surface area contributed by atoms with Gasteiger partial charge in [0, 0.05) is 23.1 Å². The van der Waals surface area contributed by atoms with Crippen LogP contribution in [0, 0.1) is 5.92 Å². The highest BCUT2D eigenvalue weighted by molar-refractivity contribution is 6.30. The molecule has 1 aromatic rings. The lowest BCUT2D eigenvalue weighted by atomic mass is 9.88. The van der Waals surface area contributed by atoms with Gasteiger partial charge < -0.3 is 5.11 Å². The van der Waals surface area contributed by atoms with Crippen LogP contribution >= 0.6 is 11.6 Å². The van der Waals surface area contributed by atoms with Crippen molar-refractivity contribution in [2.45, 2.75) is 19.4 Å². The molecule has 1 amide bonds. The van der Waals surface area contributed by atoms with E-state index < -0.39 is 6.10 Å². The van der Waals surface area contributed by atoms with E-state index in [9.17, 15) is 9.90 Å². The molecule has 1 aliphatic heterocycles. The lowest BCUT2D eigenvalue weighted by molar-refractivity contribution is -0.122. The highest BCUT2D eigenvalue weighted by Crippen LogP contribution is 2.28. The fourth-order valence-corrected chi connectivity index (χ4v) is 1.98. The first-order valence-corrected chi connectivity index (χ1v) is 5.72. The molecule has 1 aromatic carbocycles. The largest absolute Gasteiger partial charge is 0.388 e. The highest BCUT2D eigenvalue weighted by atomic mass is 35.5. The van der Waals surface area contributed by atoms with Gasteiger partial charge in [0.05, 0.1) is 6.10 Å². The van der Waals surface area contributed by atoms with Crippen LogP contribution in [0.25, 0.3) is 0 Å². The third kappa shape index (κ3) is 2.65. The summed E-state index contributed by atoms with van der Waals surface area (Å²) in [4.78, 5) is 11.3. The molecule has 2 atom stereocenters. The van der Waals surface area contributed by atoms with Gasteiger partial charge in [0.15, 0.2) is 0 Å². The van der Waals surface area contributed by atoms with Crippen molar-refractivity contribution in [2.75, 3.05) is 0 Å². The van der Waals surface area contributed by atoms with Crippen LogP contribution in [0.1, 0.15) is 25.0 Å². The standard InChI is InChI=1S/C12H13ClN2O2/c1-7-10(6-11(16)15-14-7)12(17)8-2-4-9(13)5-3-8/h2-5,10,12,17H,6H2,1H3,(H,15,16)/t10-,12-/m1/s1. The maximum Gasteiger partial charge on any atom is 0.240 e. The number of carbonyl (C=O) groups is 1. The fourth-order valence-electron chi connectivity index (χ4n) is 1.86. The molecular weight excluding hydrogens is 240 g/mol. The quantitative estimate of drug-likeness (QED) is 0.844. The van der Waals surface area contributed by atoms with Gasteiger partial charge >= 0.3 is 0 Å². The molecule has 2 rings (SSSR count). The first-order valence-electron chi connectivity index (χ1n) is 5.34. The second kappa shape index (κ2) is 4.85. The zero-order chi connectivity index (χ0) is 12.4. The van der Waals surface area contributed by atoms with Crippen LogP contribution in [-0.2, 0) is 4.79 Å². The van der Waals surface area contributed by atoms with E-state index >= 15 is 0 Å². The van der Waals surface area contributed by atoms with Gasteiger partial charge in [-0.05, 0) is 24.6 Å². The summed E-state index contributed by atoms with van der Waals surface area (Å²) in [5.41, 5.74) is 3.86. The molecule has 0 saturated carbocycles.